The van der Waals surface area contributed by atoms with Crippen molar-refractivity contribution >= 4 is 22.2 Å². The second-order valence-electron chi connectivity index (χ2n) is 8.55. The summed E-state index contributed by atoms with van der Waals surface area (Å²) in [6.07, 6.45) is -2.99. The van der Waals surface area contributed by atoms with Crippen molar-refractivity contribution in [2.75, 3.05) is 0 Å². The number of aromatic amines is 1. The Morgan fingerprint density at radius 2 is 1.75 bits per heavy atom. The number of benzene rings is 3. The number of alkyl halides is 2. The lowest BCUT2D eigenvalue weighted by Gasteiger charge is -2.18. The normalized spacial score (nSPS) is 12.4. The highest BCUT2D eigenvalue weighted by Gasteiger charge is 2.28. The van der Waals surface area contributed by atoms with Gasteiger partial charge in [0, 0.05) is 11.1 Å². The van der Waals surface area contributed by atoms with E-state index in [1.54, 1.807) is 6.92 Å². The fourth-order valence-corrected chi connectivity index (χ4v) is 4.42. The number of carbonyl (C=O) groups is 1. The molecule has 182 valence electrons. The molecule has 6 nitrogen and oxygen atoms in total. The summed E-state index contributed by atoms with van der Waals surface area (Å²) in [6.45, 7) is 3.28. The number of H-pyrrole nitrogens is 1. The summed E-state index contributed by atoms with van der Waals surface area (Å²) >= 11 is 0. The number of amides is 1. The molecule has 0 saturated carbocycles. The van der Waals surface area contributed by atoms with Crippen LogP contribution >= 0.6 is 0 Å². The van der Waals surface area contributed by atoms with Crippen molar-refractivity contribution < 1.29 is 18.0 Å². The second kappa shape index (κ2) is 8.99. The lowest BCUT2D eigenvalue weighted by Crippen LogP contribution is -2.33. The van der Waals surface area contributed by atoms with E-state index in [2.05, 4.69) is 15.4 Å². The predicted molar refractivity (Wildman–Crippen MR) is 131 cm³/mol. The van der Waals surface area contributed by atoms with Crippen LogP contribution in [0.25, 0.3) is 27.5 Å². The summed E-state index contributed by atoms with van der Waals surface area (Å²) in [7, 11) is 0. The highest BCUT2D eigenvalue weighted by atomic mass is 19.3. The number of aromatic nitrogens is 3. The van der Waals surface area contributed by atoms with Gasteiger partial charge >= 0.3 is 0 Å². The third-order valence-corrected chi connectivity index (χ3v) is 6.25. The van der Waals surface area contributed by atoms with Gasteiger partial charge in [0.2, 0.25) is 0 Å². The summed E-state index contributed by atoms with van der Waals surface area (Å²) in [4.78, 5) is 28.9. The Balaban J connectivity index is 1.57. The molecule has 0 bridgehead atoms. The minimum Gasteiger partial charge on any atom is -0.338 e. The monoisotopic (exact) mass is 490 g/mol. The molecular formula is C27H21F3N4O2. The van der Waals surface area contributed by atoms with E-state index in [1.807, 2.05) is 42.5 Å². The lowest BCUT2D eigenvalue weighted by atomic mass is 10.0. The smallest absolute Gasteiger partial charge is 0.274 e. The molecule has 0 radical (unpaired) electrons. The molecule has 2 N–H and O–H groups in total. The Hall–Kier alpha value is -4.40. The van der Waals surface area contributed by atoms with Gasteiger partial charge in [0.1, 0.15) is 17.4 Å². The van der Waals surface area contributed by atoms with Gasteiger partial charge in [0.15, 0.2) is 5.69 Å². The third kappa shape index (κ3) is 4.02. The van der Waals surface area contributed by atoms with Crippen LogP contribution in [0.15, 0.2) is 71.5 Å². The molecular weight excluding hydrogens is 469 g/mol. The highest BCUT2D eigenvalue weighted by molar-refractivity contribution is 5.96. The Morgan fingerprint density at radius 3 is 2.47 bits per heavy atom. The topological polar surface area (TPSA) is 79.3 Å². The molecule has 36 heavy (non-hydrogen) atoms. The maximum atomic E-state index is 13.8. The highest BCUT2D eigenvalue weighted by Crippen LogP contribution is 2.27. The van der Waals surface area contributed by atoms with Crippen LogP contribution in [-0.2, 0) is 0 Å². The zero-order valence-electron chi connectivity index (χ0n) is 19.4. The number of fused-ring (bicyclic) bond motifs is 2. The average molecular weight is 490 g/mol. The molecule has 0 aliphatic heterocycles. The molecule has 2 aromatic heterocycles. The summed E-state index contributed by atoms with van der Waals surface area (Å²) in [6, 6.07) is 16.5. The Morgan fingerprint density at radius 1 is 1.00 bits per heavy atom. The molecule has 1 atom stereocenters. The first-order valence-corrected chi connectivity index (χ1v) is 11.2. The van der Waals surface area contributed by atoms with Gasteiger partial charge in [0.05, 0.1) is 11.4 Å². The zero-order valence-corrected chi connectivity index (χ0v) is 19.4. The summed E-state index contributed by atoms with van der Waals surface area (Å²) in [5.74, 6) is -1.59. The minimum atomic E-state index is -2.99. The third-order valence-electron chi connectivity index (χ3n) is 6.25. The van der Waals surface area contributed by atoms with Crippen molar-refractivity contribution in [2.24, 2.45) is 0 Å². The van der Waals surface area contributed by atoms with Gasteiger partial charge in [-0.25, -0.2) is 17.7 Å². The van der Waals surface area contributed by atoms with E-state index in [0.717, 1.165) is 28.5 Å². The fourth-order valence-electron chi connectivity index (χ4n) is 4.42. The quantitative estimate of drug-likeness (QED) is 0.349. The van der Waals surface area contributed by atoms with E-state index in [0.29, 0.717) is 11.4 Å². The van der Waals surface area contributed by atoms with Gasteiger partial charge in [-0.15, -0.1) is 0 Å². The van der Waals surface area contributed by atoms with Gasteiger partial charge in [-0.3, -0.25) is 9.59 Å². The van der Waals surface area contributed by atoms with E-state index >= 15 is 0 Å². The number of aryl methyl sites for hydroxylation is 2. The summed E-state index contributed by atoms with van der Waals surface area (Å²) in [5, 5.41) is 8.58. The fraction of sp³-hybridized carbons (Fsp3) is 0.148. The molecule has 5 rings (SSSR count). The molecule has 0 spiro atoms. The summed E-state index contributed by atoms with van der Waals surface area (Å²) in [5.41, 5.74) is 1.52. The number of nitrogens with zero attached hydrogens (tertiary/aromatic N) is 2. The van der Waals surface area contributed by atoms with Crippen molar-refractivity contribution in [3.63, 3.8) is 0 Å². The number of halogens is 3. The van der Waals surface area contributed by atoms with E-state index < -0.39 is 29.8 Å². The van der Waals surface area contributed by atoms with Crippen LogP contribution in [0, 0.1) is 19.7 Å². The van der Waals surface area contributed by atoms with Crippen LogP contribution in [0.5, 0.6) is 0 Å². The molecule has 1 unspecified atom stereocenters. The molecule has 0 aliphatic carbocycles. The first-order valence-electron chi connectivity index (χ1n) is 11.2. The number of hydrogen-bond acceptors (Lipinski definition) is 3. The van der Waals surface area contributed by atoms with Crippen molar-refractivity contribution in [1.82, 2.24) is 19.9 Å². The van der Waals surface area contributed by atoms with E-state index in [9.17, 15) is 22.8 Å². The Bertz CT molecular complexity index is 1690. The van der Waals surface area contributed by atoms with Crippen molar-refractivity contribution in [3.8, 4) is 11.3 Å². The molecule has 0 aliphatic rings. The van der Waals surface area contributed by atoms with Crippen LogP contribution in [0.1, 0.15) is 33.4 Å². The van der Waals surface area contributed by atoms with Crippen LogP contribution in [0.2, 0.25) is 0 Å². The SMILES string of the molecule is Cc1c(C(=O)NC(c2cccc(F)c2)C(F)F)nn2c(C)c(-c3ccc4ccccc4c3)[nH]c(=O)c12. The van der Waals surface area contributed by atoms with Gasteiger partial charge in [0.25, 0.3) is 17.9 Å². The number of rotatable bonds is 5. The van der Waals surface area contributed by atoms with Gasteiger partial charge < -0.3 is 10.3 Å². The maximum absolute atomic E-state index is 13.8. The van der Waals surface area contributed by atoms with Gasteiger partial charge in [-0.05, 0) is 48.4 Å². The van der Waals surface area contributed by atoms with Gasteiger partial charge in [-0.1, -0.05) is 48.5 Å². The average Bonchev–Trinajstić information content (AvgIpc) is 3.22. The molecule has 2 heterocycles. The van der Waals surface area contributed by atoms with Crippen molar-refractivity contribution in [1.29, 1.82) is 0 Å². The molecule has 3 aromatic carbocycles. The van der Waals surface area contributed by atoms with Crippen molar-refractivity contribution in [2.45, 2.75) is 26.3 Å². The molecule has 5 aromatic rings. The van der Waals surface area contributed by atoms with Crippen molar-refractivity contribution in [3.05, 3.63) is 105 Å². The lowest BCUT2D eigenvalue weighted by molar-refractivity contribution is 0.0739. The van der Waals surface area contributed by atoms with Gasteiger partial charge in [-0.2, -0.15) is 5.10 Å². The van der Waals surface area contributed by atoms with Crippen LogP contribution in [0.4, 0.5) is 13.2 Å². The summed E-state index contributed by atoms with van der Waals surface area (Å²) < 4.78 is 42.5. The van der Waals surface area contributed by atoms with Crippen LogP contribution in [0.3, 0.4) is 0 Å². The minimum absolute atomic E-state index is 0.0765. The molecule has 9 heteroatoms. The Labute approximate surface area is 203 Å². The van der Waals surface area contributed by atoms with E-state index in [-0.39, 0.29) is 22.3 Å². The second-order valence-corrected chi connectivity index (χ2v) is 8.55. The Kier molecular flexibility index (Phi) is 5.83. The number of carbonyl (C=O) groups excluding carboxylic acids is 1. The number of nitrogens with one attached hydrogen (secondary N) is 2. The van der Waals surface area contributed by atoms with E-state index in [1.165, 1.54) is 23.6 Å². The standard InChI is InChI=1S/C27H21F3N4O2/c1-14-21(26(35)32-23(25(29)30)18-8-5-9-20(28)13-18)33-34-15(2)22(31-27(36)24(14)34)19-11-10-16-6-3-4-7-17(16)12-19/h3-13,23,25H,1-2H3,(H,31,36)(H,32,35). The first kappa shape index (κ1) is 23.3. The molecule has 0 fully saturated rings. The molecule has 1 amide bonds. The largest absolute Gasteiger partial charge is 0.338 e. The van der Waals surface area contributed by atoms with Crippen LogP contribution < -0.4 is 10.9 Å². The first-order chi connectivity index (χ1) is 17.2. The zero-order chi connectivity index (χ0) is 25.6. The van der Waals surface area contributed by atoms with E-state index in [4.69, 9.17) is 0 Å². The number of hydrogen-bond donors (Lipinski definition) is 2. The molecule has 0 saturated heterocycles. The maximum Gasteiger partial charge on any atom is 0.274 e. The predicted octanol–water partition coefficient (Wildman–Crippen LogP) is 5.33. The van der Waals surface area contributed by atoms with Crippen LogP contribution in [-0.4, -0.2) is 26.9 Å².